The van der Waals surface area contributed by atoms with E-state index < -0.39 is 0 Å². The van der Waals surface area contributed by atoms with E-state index in [0.29, 0.717) is 5.78 Å². The molecule has 92 valence electrons. The zero-order valence-electron chi connectivity index (χ0n) is 10.8. The monoisotopic (exact) mass is 241 g/mol. The van der Waals surface area contributed by atoms with Crippen molar-refractivity contribution in [2.75, 3.05) is 0 Å². The van der Waals surface area contributed by atoms with Gasteiger partial charge in [0.25, 0.3) is 5.56 Å². The van der Waals surface area contributed by atoms with Crippen LogP contribution in [0.3, 0.4) is 0 Å². The van der Waals surface area contributed by atoms with Crippen LogP contribution in [-0.2, 0) is 13.5 Å². The van der Waals surface area contributed by atoms with Gasteiger partial charge in [-0.3, -0.25) is 4.79 Å². The SMILES string of the molecule is CCc1c(C)n(C)c2nc3ccccc3n2c1=O. The van der Waals surface area contributed by atoms with E-state index in [-0.39, 0.29) is 5.56 Å². The summed E-state index contributed by atoms with van der Waals surface area (Å²) in [6.45, 7) is 3.98. The first-order chi connectivity index (χ1) is 8.65. The molecule has 4 heteroatoms. The summed E-state index contributed by atoms with van der Waals surface area (Å²) in [7, 11) is 1.95. The highest BCUT2D eigenvalue weighted by molar-refractivity contribution is 5.79. The van der Waals surface area contributed by atoms with Gasteiger partial charge in [0.1, 0.15) is 0 Å². The fourth-order valence-electron chi connectivity index (χ4n) is 2.49. The van der Waals surface area contributed by atoms with Gasteiger partial charge in [0.2, 0.25) is 5.78 Å². The second-order valence-corrected chi connectivity index (χ2v) is 4.52. The standard InChI is InChI=1S/C14H15N3O/c1-4-10-9(2)16(3)14-15-11-7-5-6-8-12(11)17(14)13(10)18/h5-8H,4H2,1-3H3. The van der Waals surface area contributed by atoms with Crippen molar-refractivity contribution in [1.82, 2.24) is 14.0 Å². The Bertz CT molecular complexity index is 811. The Balaban J connectivity index is 2.66. The average molecular weight is 241 g/mol. The molecule has 2 heterocycles. The van der Waals surface area contributed by atoms with Gasteiger partial charge in [-0.05, 0) is 25.5 Å². The number of para-hydroxylation sites is 2. The number of aryl methyl sites for hydroxylation is 1. The highest BCUT2D eigenvalue weighted by atomic mass is 16.1. The van der Waals surface area contributed by atoms with E-state index in [4.69, 9.17) is 0 Å². The van der Waals surface area contributed by atoms with Gasteiger partial charge in [-0.25, -0.2) is 9.38 Å². The molecule has 2 aromatic heterocycles. The Morgan fingerprint density at radius 3 is 2.72 bits per heavy atom. The van der Waals surface area contributed by atoms with Gasteiger partial charge in [-0.15, -0.1) is 0 Å². The van der Waals surface area contributed by atoms with Crippen molar-refractivity contribution in [1.29, 1.82) is 0 Å². The Morgan fingerprint density at radius 1 is 1.28 bits per heavy atom. The number of hydrogen-bond acceptors (Lipinski definition) is 2. The lowest BCUT2D eigenvalue weighted by atomic mass is 10.2. The average Bonchev–Trinajstić information content (AvgIpc) is 2.76. The van der Waals surface area contributed by atoms with Crippen LogP contribution in [0, 0.1) is 6.92 Å². The molecule has 0 saturated heterocycles. The summed E-state index contributed by atoms with van der Waals surface area (Å²) in [4.78, 5) is 17.1. The Labute approximate surface area is 105 Å². The summed E-state index contributed by atoms with van der Waals surface area (Å²) < 4.78 is 3.70. The number of hydrogen-bond donors (Lipinski definition) is 0. The molecule has 0 fully saturated rings. The van der Waals surface area contributed by atoms with Crippen LogP contribution in [0.5, 0.6) is 0 Å². The number of aromatic nitrogens is 3. The van der Waals surface area contributed by atoms with Crippen LogP contribution in [0.4, 0.5) is 0 Å². The van der Waals surface area contributed by atoms with Crippen LogP contribution in [0.1, 0.15) is 18.2 Å². The normalized spacial score (nSPS) is 11.5. The lowest BCUT2D eigenvalue weighted by Crippen LogP contribution is -2.23. The van der Waals surface area contributed by atoms with E-state index in [1.807, 2.05) is 49.7 Å². The Kier molecular flexibility index (Phi) is 2.26. The van der Waals surface area contributed by atoms with Crippen molar-refractivity contribution < 1.29 is 0 Å². The highest BCUT2D eigenvalue weighted by Crippen LogP contribution is 2.16. The topological polar surface area (TPSA) is 39.3 Å². The van der Waals surface area contributed by atoms with Gasteiger partial charge < -0.3 is 4.57 Å². The van der Waals surface area contributed by atoms with Gasteiger partial charge in [0, 0.05) is 18.3 Å². The maximum atomic E-state index is 12.5. The Hall–Kier alpha value is -2.10. The third-order valence-corrected chi connectivity index (χ3v) is 3.60. The number of rotatable bonds is 1. The molecule has 18 heavy (non-hydrogen) atoms. The minimum absolute atomic E-state index is 0.0526. The van der Waals surface area contributed by atoms with E-state index in [9.17, 15) is 4.79 Å². The Morgan fingerprint density at radius 2 is 2.00 bits per heavy atom. The summed E-state index contributed by atoms with van der Waals surface area (Å²) in [5.41, 5.74) is 3.64. The third kappa shape index (κ3) is 1.26. The molecule has 0 aliphatic carbocycles. The fourth-order valence-corrected chi connectivity index (χ4v) is 2.49. The highest BCUT2D eigenvalue weighted by Gasteiger charge is 2.14. The van der Waals surface area contributed by atoms with Crippen molar-refractivity contribution in [3.8, 4) is 0 Å². The lowest BCUT2D eigenvalue weighted by molar-refractivity contribution is 0.802. The lowest BCUT2D eigenvalue weighted by Gasteiger charge is -2.10. The molecule has 0 N–H and O–H groups in total. The maximum absolute atomic E-state index is 12.5. The van der Waals surface area contributed by atoms with E-state index in [2.05, 4.69) is 4.98 Å². The van der Waals surface area contributed by atoms with E-state index >= 15 is 0 Å². The molecular weight excluding hydrogens is 226 g/mol. The van der Waals surface area contributed by atoms with E-state index in [0.717, 1.165) is 28.7 Å². The molecule has 0 aliphatic heterocycles. The van der Waals surface area contributed by atoms with E-state index in [1.54, 1.807) is 4.40 Å². The van der Waals surface area contributed by atoms with Crippen LogP contribution in [-0.4, -0.2) is 14.0 Å². The fraction of sp³-hybridized carbons (Fsp3) is 0.286. The summed E-state index contributed by atoms with van der Waals surface area (Å²) in [5.74, 6) is 0.705. The number of nitrogens with zero attached hydrogens (tertiary/aromatic N) is 3. The van der Waals surface area contributed by atoms with Crippen LogP contribution in [0.15, 0.2) is 29.1 Å². The molecule has 0 saturated carbocycles. The van der Waals surface area contributed by atoms with Crippen LogP contribution < -0.4 is 5.56 Å². The minimum Gasteiger partial charge on any atom is -0.318 e. The van der Waals surface area contributed by atoms with Crippen LogP contribution >= 0.6 is 0 Å². The van der Waals surface area contributed by atoms with Gasteiger partial charge in [-0.2, -0.15) is 0 Å². The molecule has 1 aromatic carbocycles. The molecule has 3 rings (SSSR count). The zero-order chi connectivity index (χ0) is 12.9. The van der Waals surface area contributed by atoms with Gasteiger partial charge in [0.15, 0.2) is 0 Å². The number of fused-ring (bicyclic) bond motifs is 3. The molecule has 0 unspecified atom stereocenters. The molecule has 3 aromatic rings. The zero-order valence-corrected chi connectivity index (χ0v) is 10.8. The largest absolute Gasteiger partial charge is 0.318 e. The molecule has 0 amide bonds. The van der Waals surface area contributed by atoms with Gasteiger partial charge in [-0.1, -0.05) is 19.1 Å². The summed E-state index contributed by atoms with van der Waals surface area (Å²) in [5, 5.41) is 0. The van der Waals surface area contributed by atoms with Crippen molar-refractivity contribution in [3.63, 3.8) is 0 Å². The summed E-state index contributed by atoms with van der Waals surface area (Å²) >= 11 is 0. The minimum atomic E-state index is 0.0526. The van der Waals surface area contributed by atoms with E-state index in [1.165, 1.54) is 0 Å². The molecule has 0 spiro atoms. The third-order valence-electron chi connectivity index (χ3n) is 3.60. The molecule has 4 nitrogen and oxygen atoms in total. The number of benzene rings is 1. The van der Waals surface area contributed by atoms with Gasteiger partial charge >= 0.3 is 0 Å². The van der Waals surface area contributed by atoms with Crippen LogP contribution in [0.2, 0.25) is 0 Å². The molecule has 0 atom stereocenters. The smallest absolute Gasteiger partial charge is 0.262 e. The predicted molar refractivity (Wildman–Crippen MR) is 72.1 cm³/mol. The first-order valence-corrected chi connectivity index (χ1v) is 6.10. The van der Waals surface area contributed by atoms with Crippen molar-refractivity contribution in [2.24, 2.45) is 7.05 Å². The summed E-state index contributed by atoms with van der Waals surface area (Å²) in [6.07, 6.45) is 0.737. The second kappa shape index (κ2) is 3.70. The number of imidazole rings is 1. The molecule has 0 aliphatic rings. The maximum Gasteiger partial charge on any atom is 0.262 e. The second-order valence-electron chi connectivity index (χ2n) is 4.52. The van der Waals surface area contributed by atoms with Crippen molar-refractivity contribution in [2.45, 2.75) is 20.3 Å². The molecule has 0 bridgehead atoms. The van der Waals surface area contributed by atoms with Crippen molar-refractivity contribution in [3.05, 3.63) is 45.9 Å². The quantitative estimate of drug-likeness (QED) is 0.654. The molecule has 0 radical (unpaired) electrons. The van der Waals surface area contributed by atoms with Crippen molar-refractivity contribution >= 4 is 16.8 Å². The van der Waals surface area contributed by atoms with Gasteiger partial charge in [0.05, 0.1) is 11.0 Å². The predicted octanol–water partition coefficient (Wildman–Crippen LogP) is 2.06. The molecular formula is C14H15N3O. The first kappa shape index (κ1) is 11.0. The first-order valence-electron chi connectivity index (χ1n) is 6.10. The summed E-state index contributed by atoms with van der Waals surface area (Å²) in [6, 6.07) is 7.74. The van der Waals surface area contributed by atoms with Crippen LogP contribution in [0.25, 0.3) is 16.8 Å².